The molecule has 0 saturated heterocycles. The van der Waals surface area contributed by atoms with E-state index in [2.05, 4.69) is 20.9 Å². The number of nitrogen functional groups attached to an aromatic ring is 1. The highest BCUT2D eigenvalue weighted by Gasteiger charge is 2.11. The number of aryl methyl sites for hydroxylation is 1. The number of nitrogens with two attached hydrogens (primary N) is 1. The molecule has 0 unspecified atom stereocenters. The number of rotatable bonds is 1. The van der Waals surface area contributed by atoms with Gasteiger partial charge in [0.1, 0.15) is 0 Å². The standard InChI is InChI=1S/C10H8BrClN2S/c1-5-9(14-10(13)15-5)7-4-6(12)2-3-8(7)11/h2-4H,1H3,(H2,13,14). The third-order valence-electron chi connectivity index (χ3n) is 2.00. The lowest BCUT2D eigenvalue weighted by Gasteiger charge is -2.02. The zero-order chi connectivity index (χ0) is 11.0. The van der Waals surface area contributed by atoms with Crippen molar-refractivity contribution in [1.82, 2.24) is 4.98 Å². The van der Waals surface area contributed by atoms with Gasteiger partial charge in [0, 0.05) is 19.9 Å². The normalized spacial score (nSPS) is 10.6. The summed E-state index contributed by atoms with van der Waals surface area (Å²) in [6.07, 6.45) is 0. The third kappa shape index (κ3) is 2.17. The van der Waals surface area contributed by atoms with Crippen molar-refractivity contribution in [3.05, 3.63) is 32.6 Å². The molecule has 5 heteroatoms. The zero-order valence-electron chi connectivity index (χ0n) is 7.92. The van der Waals surface area contributed by atoms with Gasteiger partial charge in [0.25, 0.3) is 0 Å². The van der Waals surface area contributed by atoms with E-state index in [4.69, 9.17) is 17.3 Å². The van der Waals surface area contributed by atoms with Crippen LogP contribution in [-0.4, -0.2) is 4.98 Å². The first kappa shape index (κ1) is 10.9. The van der Waals surface area contributed by atoms with Crippen molar-refractivity contribution in [2.24, 2.45) is 0 Å². The first-order valence-corrected chi connectivity index (χ1v) is 6.25. The van der Waals surface area contributed by atoms with E-state index < -0.39 is 0 Å². The molecule has 1 aromatic carbocycles. The first-order chi connectivity index (χ1) is 7.08. The summed E-state index contributed by atoms with van der Waals surface area (Å²) in [6, 6.07) is 5.62. The lowest BCUT2D eigenvalue weighted by atomic mass is 10.1. The van der Waals surface area contributed by atoms with Gasteiger partial charge < -0.3 is 5.73 Å². The first-order valence-electron chi connectivity index (χ1n) is 4.26. The molecule has 2 N–H and O–H groups in total. The predicted octanol–water partition coefficient (Wildman–Crippen LogP) is 4.12. The van der Waals surface area contributed by atoms with Gasteiger partial charge in [0.05, 0.1) is 5.69 Å². The summed E-state index contributed by atoms with van der Waals surface area (Å²) < 4.78 is 0.973. The van der Waals surface area contributed by atoms with Crippen molar-refractivity contribution in [2.45, 2.75) is 6.92 Å². The second-order valence-electron chi connectivity index (χ2n) is 3.08. The van der Waals surface area contributed by atoms with Crippen molar-refractivity contribution in [3.8, 4) is 11.3 Å². The zero-order valence-corrected chi connectivity index (χ0v) is 11.1. The molecule has 0 aliphatic heterocycles. The highest BCUT2D eigenvalue weighted by molar-refractivity contribution is 9.10. The molecule has 2 aromatic rings. The Labute approximate surface area is 105 Å². The summed E-state index contributed by atoms with van der Waals surface area (Å²) in [5.74, 6) is 0. The van der Waals surface area contributed by atoms with Crippen LogP contribution in [0.4, 0.5) is 5.13 Å². The average molecular weight is 304 g/mol. The number of hydrogen-bond donors (Lipinski definition) is 1. The fraction of sp³-hybridized carbons (Fsp3) is 0.100. The molecular weight excluding hydrogens is 296 g/mol. The molecule has 2 nitrogen and oxygen atoms in total. The van der Waals surface area contributed by atoms with Gasteiger partial charge in [-0.25, -0.2) is 4.98 Å². The molecule has 0 saturated carbocycles. The SMILES string of the molecule is Cc1sc(N)nc1-c1cc(Cl)ccc1Br. The number of hydrogen-bond acceptors (Lipinski definition) is 3. The van der Waals surface area contributed by atoms with Crippen molar-refractivity contribution in [2.75, 3.05) is 5.73 Å². The quantitative estimate of drug-likeness (QED) is 0.861. The van der Waals surface area contributed by atoms with E-state index in [1.54, 1.807) is 0 Å². The Morgan fingerprint density at radius 3 is 2.80 bits per heavy atom. The van der Waals surface area contributed by atoms with Crippen LogP contribution in [0.25, 0.3) is 11.3 Å². The number of aromatic nitrogens is 1. The molecule has 0 bridgehead atoms. The van der Waals surface area contributed by atoms with Gasteiger partial charge in [0.15, 0.2) is 5.13 Å². The van der Waals surface area contributed by atoms with Crippen LogP contribution in [0.2, 0.25) is 5.02 Å². The van der Waals surface area contributed by atoms with Crippen molar-refractivity contribution < 1.29 is 0 Å². The number of thiazole rings is 1. The summed E-state index contributed by atoms with van der Waals surface area (Å²) in [4.78, 5) is 5.38. The summed E-state index contributed by atoms with van der Waals surface area (Å²) in [6.45, 7) is 2.00. The molecule has 2 rings (SSSR count). The largest absolute Gasteiger partial charge is 0.375 e. The highest BCUT2D eigenvalue weighted by atomic mass is 79.9. The average Bonchev–Trinajstić information content (AvgIpc) is 2.50. The van der Waals surface area contributed by atoms with E-state index in [9.17, 15) is 0 Å². The molecule has 0 radical (unpaired) electrons. The van der Waals surface area contributed by atoms with E-state index in [0.717, 1.165) is 20.6 Å². The molecule has 0 atom stereocenters. The van der Waals surface area contributed by atoms with E-state index in [1.807, 2.05) is 25.1 Å². The van der Waals surface area contributed by atoms with E-state index in [0.29, 0.717) is 10.2 Å². The Hall–Kier alpha value is -0.580. The van der Waals surface area contributed by atoms with Crippen LogP contribution in [0.5, 0.6) is 0 Å². The lowest BCUT2D eigenvalue weighted by molar-refractivity contribution is 1.37. The van der Waals surface area contributed by atoms with Gasteiger partial charge in [-0.15, -0.1) is 11.3 Å². The van der Waals surface area contributed by atoms with Crippen LogP contribution in [0.1, 0.15) is 4.88 Å². The highest BCUT2D eigenvalue weighted by Crippen LogP contribution is 2.35. The van der Waals surface area contributed by atoms with Crippen molar-refractivity contribution in [3.63, 3.8) is 0 Å². The lowest BCUT2D eigenvalue weighted by Crippen LogP contribution is -1.85. The van der Waals surface area contributed by atoms with Gasteiger partial charge in [-0.2, -0.15) is 0 Å². The molecule has 0 fully saturated rings. The van der Waals surface area contributed by atoms with Crippen LogP contribution >= 0.6 is 38.9 Å². The maximum Gasteiger partial charge on any atom is 0.180 e. The molecular formula is C10H8BrClN2S. The van der Waals surface area contributed by atoms with Gasteiger partial charge in [0.2, 0.25) is 0 Å². The summed E-state index contributed by atoms with van der Waals surface area (Å²) in [5, 5.41) is 1.27. The van der Waals surface area contributed by atoms with Crippen LogP contribution in [0.15, 0.2) is 22.7 Å². The third-order valence-corrected chi connectivity index (χ3v) is 3.72. The minimum atomic E-state index is 0.578. The molecule has 0 spiro atoms. The Balaban J connectivity index is 2.62. The number of anilines is 1. The van der Waals surface area contributed by atoms with Crippen LogP contribution in [0.3, 0.4) is 0 Å². The summed E-state index contributed by atoms with van der Waals surface area (Å²) in [7, 11) is 0. The second kappa shape index (κ2) is 4.12. The monoisotopic (exact) mass is 302 g/mol. The Morgan fingerprint density at radius 2 is 2.20 bits per heavy atom. The number of halogens is 2. The Morgan fingerprint density at radius 1 is 1.47 bits per heavy atom. The molecule has 0 aliphatic rings. The van der Waals surface area contributed by atoms with E-state index >= 15 is 0 Å². The molecule has 78 valence electrons. The molecule has 15 heavy (non-hydrogen) atoms. The van der Waals surface area contributed by atoms with Crippen molar-refractivity contribution in [1.29, 1.82) is 0 Å². The van der Waals surface area contributed by atoms with Crippen LogP contribution in [-0.2, 0) is 0 Å². The summed E-state index contributed by atoms with van der Waals surface area (Å²) >= 11 is 10.9. The Kier molecular flexibility index (Phi) is 3.00. The predicted molar refractivity (Wildman–Crippen MR) is 69.4 cm³/mol. The van der Waals surface area contributed by atoms with Crippen LogP contribution in [0, 0.1) is 6.92 Å². The fourth-order valence-corrected chi connectivity index (χ4v) is 2.66. The smallest absolute Gasteiger partial charge is 0.180 e. The van der Waals surface area contributed by atoms with Gasteiger partial charge in [-0.05, 0) is 25.1 Å². The molecule has 1 heterocycles. The van der Waals surface area contributed by atoms with Crippen molar-refractivity contribution >= 4 is 44.0 Å². The molecule has 0 aliphatic carbocycles. The second-order valence-corrected chi connectivity index (χ2v) is 5.61. The maximum absolute atomic E-state index is 5.95. The molecule has 1 aromatic heterocycles. The Bertz CT molecular complexity index is 510. The van der Waals surface area contributed by atoms with Gasteiger partial charge >= 0.3 is 0 Å². The fourth-order valence-electron chi connectivity index (χ4n) is 1.35. The number of nitrogens with zero attached hydrogens (tertiary/aromatic N) is 1. The topological polar surface area (TPSA) is 38.9 Å². The minimum Gasteiger partial charge on any atom is -0.375 e. The maximum atomic E-state index is 5.95. The van der Waals surface area contributed by atoms with Gasteiger partial charge in [-0.1, -0.05) is 27.5 Å². The summed E-state index contributed by atoms with van der Waals surface area (Å²) in [5.41, 5.74) is 7.54. The number of benzene rings is 1. The molecule has 0 amide bonds. The van der Waals surface area contributed by atoms with Crippen LogP contribution < -0.4 is 5.73 Å². The van der Waals surface area contributed by atoms with Gasteiger partial charge in [-0.3, -0.25) is 0 Å². The minimum absolute atomic E-state index is 0.578. The van der Waals surface area contributed by atoms with E-state index in [-0.39, 0.29) is 0 Å². The van der Waals surface area contributed by atoms with E-state index in [1.165, 1.54) is 11.3 Å².